The van der Waals surface area contributed by atoms with Crippen molar-refractivity contribution in [1.82, 2.24) is 4.90 Å². The van der Waals surface area contributed by atoms with Crippen molar-refractivity contribution < 1.29 is 14.8 Å². The zero-order valence-corrected chi connectivity index (χ0v) is 14.1. The van der Waals surface area contributed by atoms with Crippen molar-refractivity contribution in [1.29, 1.82) is 0 Å². The molecule has 2 heterocycles. The van der Waals surface area contributed by atoms with Gasteiger partial charge in [-0.15, -0.1) is 0 Å². The monoisotopic (exact) mass is 317 g/mol. The number of amides is 1. The van der Waals surface area contributed by atoms with Gasteiger partial charge in [-0.2, -0.15) is 0 Å². The van der Waals surface area contributed by atoms with Gasteiger partial charge >= 0.3 is 0 Å². The van der Waals surface area contributed by atoms with E-state index in [0.29, 0.717) is 17.6 Å². The van der Waals surface area contributed by atoms with E-state index in [0.717, 1.165) is 57.5 Å². The zero-order chi connectivity index (χ0) is 16.2. The van der Waals surface area contributed by atoms with Crippen LogP contribution in [0.1, 0.15) is 38.2 Å². The summed E-state index contributed by atoms with van der Waals surface area (Å²) in [7, 11) is 0. The maximum absolute atomic E-state index is 12.7. The molecule has 2 saturated heterocycles. The molecule has 4 nitrogen and oxygen atoms in total. The lowest BCUT2D eigenvalue weighted by Gasteiger charge is -2.36. The van der Waals surface area contributed by atoms with Crippen molar-refractivity contribution in [3.05, 3.63) is 29.8 Å². The summed E-state index contributed by atoms with van der Waals surface area (Å²) >= 11 is 0. The second-order valence-electron chi connectivity index (χ2n) is 7.36. The molecule has 0 unspecified atom stereocenters. The number of quaternary nitrogens is 1. The first kappa shape index (κ1) is 16.3. The highest BCUT2D eigenvalue weighted by molar-refractivity contribution is 5.79. The minimum absolute atomic E-state index is 0.216. The maximum Gasteiger partial charge on any atom is 0.226 e. The topological polar surface area (TPSA) is 45.0 Å². The Morgan fingerprint density at radius 1 is 1.26 bits per heavy atom. The highest BCUT2D eigenvalue weighted by Gasteiger charge is 2.32. The Bertz CT molecular complexity index is 538. The van der Waals surface area contributed by atoms with Gasteiger partial charge in [-0.3, -0.25) is 4.79 Å². The third-order valence-corrected chi connectivity index (χ3v) is 5.44. The molecular formula is C19H29N2O2+. The van der Waals surface area contributed by atoms with E-state index in [1.54, 1.807) is 6.07 Å². The molecule has 0 aromatic heterocycles. The van der Waals surface area contributed by atoms with Crippen LogP contribution in [0.5, 0.6) is 5.75 Å². The smallest absolute Gasteiger partial charge is 0.226 e. The van der Waals surface area contributed by atoms with Gasteiger partial charge < -0.3 is 14.9 Å². The van der Waals surface area contributed by atoms with Crippen molar-refractivity contribution in [2.75, 3.05) is 26.2 Å². The summed E-state index contributed by atoms with van der Waals surface area (Å²) in [6.45, 7) is 7.05. The zero-order valence-electron chi connectivity index (χ0n) is 14.1. The number of rotatable bonds is 3. The lowest BCUT2D eigenvalue weighted by atomic mass is 9.92. The Labute approximate surface area is 139 Å². The molecule has 2 N–H and O–H groups in total. The van der Waals surface area contributed by atoms with Gasteiger partial charge in [-0.05, 0) is 30.9 Å². The van der Waals surface area contributed by atoms with Crippen molar-refractivity contribution in [2.45, 2.75) is 39.2 Å². The van der Waals surface area contributed by atoms with Crippen LogP contribution >= 0.6 is 0 Å². The van der Waals surface area contributed by atoms with Crippen LogP contribution in [0.25, 0.3) is 0 Å². The van der Waals surface area contributed by atoms with Gasteiger partial charge in [0.2, 0.25) is 5.91 Å². The summed E-state index contributed by atoms with van der Waals surface area (Å²) in [6.07, 6.45) is 4.37. The number of benzene rings is 1. The number of carbonyl (C=O) groups is 1. The van der Waals surface area contributed by atoms with E-state index in [4.69, 9.17) is 0 Å². The molecule has 2 aliphatic heterocycles. The number of nitrogens with one attached hydrogen (secondary N) is 1. The van der Waals surface area contributed by atoms with Crippen LogP contribution in [0.2, 0.25) is 0 Å². The van der Waals surface area contributed by atoms with E-state index < -0.39 is 0 Å². The van der Waals surface area contributed by atoms with Crippen LogP contribution in [0, 0.1) is 11.8 Å². The fraction of sp³-hybridized carbons (Fsp3) is 0.632. The lowest BCUT2D eigenvalue weighted by Crippen LogP contribution is -3.11. The second-order valence-corrected chi connectivity index (χ2v) is 7.36. The maximum atomic E-state index is 12.7. The number of carbonyl (C=O) groups excluding carboxylic acids is 1. The number of hydrogen-bond donors (Lipinski definition) is 2. The molecule has 0 bridgehead atoms. The molecule has 1 atom stereocenters. The third kappa shape index (κ3) is 4.05. The molecule has 2 fully saturated rings. The highest BCUT2D eigenvalue weighted by atomic mass is 16.3. The van der Waals surface area contributed by atoms with Gasteiger partial charge in [0.25, 0.3) is 0 Å². The molecule has 2 aliphatic rings. The standard InChI is InChI=1S/C19H28N2O2/c1-15-5-4-10-21(13-15)19(23)16-8-11-20(12-9-16)14-17-6-2-3-7-18(17)22/h2-3,6-7,15-16,22H,4-5,8-14H2,1H3/p+1/t15-/m1/s1. The van der Waals surface area contributed by atoms with Crippen LogP contribution in [0.15, 0.2) is 24.3 Å². The number of para-hydroxylation sites is 1. The third-order valence-electron chi connectivity index (χ3n) is 5.44. The largest absolute Gasteiger partial charge is 0.507 e. The quantitative estimate of drug-likeness (QED) is 0.886. The number of piperidine rings is 2. The molecule has 126 valence electrons. The molecule has 3 rings (SSSR count). The highest BCUT2D eigenvalue weighted by Crippen LogP contribution is 2.21. The number of nitrogens with zero attached hydrogens (tertiary/aromatic N) is 1. The van der Waals surface area contributed by atoms with Gasteiger partial charge in [0.15, 0.2) is 0 Å². The summed E-state index contributed by atoms with van der Waals surface area (Å²) < 4.78 is 0. The molecular weight excluding hydrogens is 288 g/mol. The Morgan fingerprint density at radius 3 is 2.70 bits per heavy atom. The summed E-state index contributed by atoms with van der Waals surface area (Å²) in [5, 5.41) is 9.90. The molecule has 0 saturated carbocycles. The van der Waals surface area contributed by atoms with E-state index in [1.165, 1.54) is 11.3 Å². The molecule has 1 amide bonds. The van der Waals surface area contributed by atoms with Gasteiger partial charge in [0, 0.05) is 37.4 Å². The Hall–Kier alpha value is -1.55. The van der Waals surface area contributed by atoms with Gasteiger partial charge in [-0.1, -0.05) is 19.1 Å². The van der Waals surface area contributed by atoms with Crippen molar-refractivity contribution in [3.63, 3.8) is 0 Å². The van der Waals surface area contributed by atoms with E-state index in [-0.39, 0.29) is 5.92 Å². The molecule has 0 spiro atoms. The first-order valence-electron chi connectivity index (χ1n) is 9.02. The van der Waals surface area contributed by atoms with Gasteiger partial charge in [-0.25, -0.2) is 0 Å². The van der Waals surface area contributed by atoms with E-state index in [1.807, 2.05) is 18.2 Å². The number of aromatic hydroxyl groups is 1. The minimum atomic E-state index is 0.216. The summed E-state index contributed by atoms with van der Waals surface area (Å²) in [5.74, 6) is 1.64. The van der Waals surface area contributed by atoms with E-state index in [2.05, 4.69) is 11.8 Å². The lowest BCUT2D eigenvalue weighted by molar-refractivity contribution is -0.919. The molecule has 1 aromatic carbocycles. The number of phenols is 1. The molecule has 4 heteroatoms. The number of hydrogen-bond acceptors (Lipinski definition) is 2. The SMILES string of the molecule is C[C@@H]1CCCN(C(=O)C2CC[NH+](Cc3ccccc3O)CC2)C1. The predicted molar refractivity (Wildman–Crippen MR) is 90.2 cm³/mol. The van der Waals surface area contributed by atoms with Crippen molar-refractivity contribution >= 4 is 5.91 Å². The van der Waals surface area contributed by atoms with Crippen molar-refractivity contribution in [3.8, 4) is 5.75 Å². The Morgan fingerprint density at radius 2 is 2.00 bits per heavy atom. The second kappa shape index (κ2) is 7.35. The van der Waals surface area contributed by atoms with Gasteiger partial charge in [0.05, 0.1) is 13.1 Å². The fourth-order valence-electron chi connectivity index (χ4n) is 4.03. The summed E-state index contributed by atoms with van der Waals surface area (Å²) in [5.41, 5.74) is 1.01. The average molecular weight is 317 g/mol. The molecule has 1 aromatic rings. The first-order chi connectivity index (χ1) is 11.1. The average Bonchev–Trinajstić information content (AvgIpc) is 2.57. The molecule has 23 heavy (non-hydrogen) atoms. The number of phenolic OH excluding ortho intramolecular Hbond substituents is 1. The van der Waals surface area contributed by atoms with Crippen LogP contribution in [0.3, 0.4) is 0 Å². The van der Waals surface area contributed by atoms with E-state index in [9.17, 15) is 9.90 Å². The number of likely N-dealkylation sites (tertiary alicyclic amines) is 2. The molecule has 0 radical (unpaired) electrons. The normalized spacial score (nSPS) is 28.6. The van der Waals surface area contributed by atoms with Crippen molar-refractivity contribution in [2.24, 2.45) is 11.8 Å². The fourth-order valence-corrected chi connectivity index (χ4v) is 4.03. The summed E-state index contributed by atoms with van der Waals surface area (Å²) in [6, 6.07) is 7.58. The van der Waals surface area contributed by atoms with Gasteiger partial charge in [0.1, 0.15) is 12.3 Å². The molecule has 0 aliphatic carbocycles. The summed E-state index contributed by atoms with van der Waals surface area (Å²) in [4.78, 5) is 16.3. The Balaban J connectivity index is 1.50. The first-order valence-corrected chi connectivity index (χ1v) is 9.02. The van der Waals surface area contributed by atoms with Crippen LogP contribution in [-0.4, -0.2) is 42.1 Å². The van der Waals surface area contributed by atoms with Crippen LogP contribution < -0.4 is 4.90 Å². The Kier molecular flexibility index (Phi) is 5.21. The van der Waals surface area contributed by atoms with Crippen LogP contribution in [0.4, 0.5) is 0 Å². The van der Waals surface area contributed by atoms with E-state index >= 15 is 0 Å². The van der Waals surface area contributed by atoms with Crippen LogP contribution in [-0.2, 0) is 11.3 Å². The minimum Gasteiger partial charge on any atom is -0.507 e. The predicted octanol–water partition coefficient (Wildman–Crippen LogP) is 1.45.